The number of imidazole rings is 1. The molecule has 2 heterocycles. The average Bonchev–Trinajstić information content (AvgIpc) is 2.72. The molecule has 0 atom stereocenters. The lowest BCUT2D eigenvalue weighted by Gasteiger charge is -2.03. The highest BCUT2D eigenvalue weighted by atomic mass is 32.2. The zero-order valence-corrected chi connectivity index (χ0v) is 12.0. The number of H-pyrrole nitrogens is 1. The van der Waals surface area contributed by atoms with Crippen LogP contribution in [0.25, 0.3) is 11.2 Å². The van der Waals surface area contributed by atoms with E-state index in [9.17, 15) is 9.00 Å². The van der Waals surface area contributed by atoms with E-state index >= 15 is 0 Å². The van der Waals surface area contributed by atoms with E-state index in [-0.39, 0.29) is 37.0 Å². The Bertz CT molecular complexity index is 634. The minimum absolute atomic E-state index is 0.0291. The first-order valence-corrected chi connectivity index (χ1v) is 7.56. The van der Waals surface area contributed by atoms with E-state index in [1.807, 2.05) is 0 Å². The first kappa shape index (κ1) is 16.3. The van der Waals surface area contributed by atoms with Crippen LogP contribution < -0.4 is 11.3 Å². The number of nitrogen functional groups attached to an aromatic ring is 1. The molecule has 0 spiro atoms. The topological polar surface area (TPSA) is 136 Å². The molecular formula is C10H17N5O4S. The van der Waals surface area contributed by atoms with Gasteiger partial charge in [0.2, 0.25) is 5.95 Å². The normalized spacial score (nSPS) is 10.6. The van der Waals surface area contributed by atoms with E-state index in [0.29, 0.717) is 5.65 Å². The zero-order chi connectivity index (χ0) is 15.1. The molecule has 2 rings (SSSR count). The molecule has 0 bridgehead atoms. The quantitative estimate of drug-likeness (QED) is 0.595. The van der Waals surface area contributed by atoms with Gasteiger partial charge in [-0.2, -0.15) is 4.98 Å². The summed E-state index contributed by atoms with van der Waals surface area (Å²) in [5.41, 5.74) is 5.60. The van der Waals surface area contributed by atoms with Crippen LogP contribution in [0.3, 0.4) is 0 Å². The Morgan fingerprint density at radius 1 is 1.55 bits per heavy atom. The van der Waals surface area contributed by atoms with Gasteiger partial charge in [-0.1, -0.05) is 0 Å². The third-order valence-corrected chi connectivity index (χ3v) is 1.96. The molecule has 0 fully saturated rings. The van der Waals surface area contributed by atoms with Gasteiger partial charge < -0.3 is 15.6 Å². The lowest BCUT2D eigenvalue weighted by atomic mass is 10.5. The van der Waals surface area contributed by atoms with Crippen molar-refractivity contribution < 1.29 is 14.1 Å². The van der Waals surface area contributed by atoms with Crippen LogP contribution in [0.1, 0.15) is 0 Å². The van der Waals surface area contributed by atoms with Crippen molar-refractivity contribution in [3.8, 4) is 0 Å². The Balaban J connectivity index is 0.000000444. The van der Waals surface area contributed by atoms with Crippen molar-refractivity contribution in [2.24, 2.45) is 0 Å². The Kier molecular flexibility index (Phi) is 6.28. The summed E-state index contributed by atoms with van der Waals surface area (Å²) in [6.45, 7) is 0.300. The van der Waals surface area contributed by atoms with Gasteiger partial charge in [0.05, 0.1) is 19.5 Å². The van der Waals surface area contributed by atoms with Crippen molar-refractivity contribution >= 4 is 27.9 Å². The molecule has 0 saturated heterocycles. The highest BCUT2D eigenvalue weighted by molar-refractivity contribution is 7.83. The van der Waals surface area contributed by atoms with E-state index in [1.54, 1.807) is 12.5 Å². The number of nitrogens with zero attached hydrogens (tertiary/aromatic N) is 3. The summed E-state index contributed by atoms with van der Waals surface area (Å²) in [4.78, 5) is 21.6. The number of nitrogens with two attached hydrogens (primary N) is 1. The van der Waals surface area contributed by atoms with E-state index < -0.39 is 10.8 Å². The van der Waals surface area contributed by atoms with Crippen LogP contribution >= 0.6 is 0 Å². The van der Waals surface area contributed by atoms with Crippen LogP contribution in [0.2, 0.25) is 0 Å². The summed E-state index contributed by atoms with van der Waals surface area (Å²) in [5.74, 6) is 0.0291. The molecule has 10 heteroatoms. The number of hydrogen-bond acceptors (Lipinski definition) is 7. The molecule has 0 aliphatic heterocycles. The summed E-state index contributed by atoms with van der Waals surface area (Å²) in [5, 5.41) is 8.56. The van der Waals surface area contributed by atoms with Crippen LogP contribution in [-0.4, -0.2) is 54.6 Å². The summed E-state index contributed by atoms with van der Waals surface area (Å²) < 4.78 is 16.2. The molecule has 0 radical (unpaired) electrons. The first-order valence-electron chi connectivity index (χ1n) is 5.60. The van der Waals surface area contributed by atoms with E-state index in [4.69, 9.17) is 15.6 Å². The molecule has 0 aliphatic rings. The Hall–Kier alpha value is -1.78. The number of rotatable bonds is 4. The molecule has 9 nitrogen and oxygen atoms in total. The van der Waals surface area contributed by atoms with Crippen LogP contribution in [0, 0.1) is 0 Å². The van der Waals surface area contributed by atoms with Crippen LogP contribution in [0.5, 0.6) is 0 Å². The minimum atomic E-state index is -0.611. The van der Waals surface area contributed by atoms with E-state index in [2.05, 4.69) is 15.0 Å². The summed E-state index contributed by atoms with van der Waals surface area (Å²) >= 11 is 0. The number of fused-ring (bicyclic) bond motifs is 1. The van der Waals surface area contributed by atoms with Gasteiger partial charge in [-0.15, -0.1) is 0 Å². The Labute approximate surface area is 117 Å². The first-order chi connectivity index (χ1) is 9.45. The fourth-order valence-electron chi connectivity index (χ4n) is 1.29. The van der Waals surface area contributed by atoms with Crippen molar-refractivity contribution in [2.75, 3.05) is 31.5 Å². The predicted octanol–water partition coefficient (Wildman–Crippen LogP) is -1.34. The molecule has 2 aromatic rings. The van der Waals surface area contributed by atoms with Crippen molar-refractivity contribution in [1.82, 2.24) is 19.5 Å². The van der Waals surface area contributed by atoms with Gasteiger partial charge in [0.1, 0.15) is 6.73 Å². The maximum Gasteiger partial charge on any atom is 0.280 e. The number of aliphatic hydroxyl groups excluding tert-OH is 1. The Morgan fingerprint density at radius 3 is 2.80 bits per heavy atom. The summed E-state index contributed by atoms with van der Waals surface area (Å²) in [6.07, 6.45) is 4.71. The second-order valence-electron chi connectivity index (χ2n) is 3.84. The number of aromatic amines is 1. The summed E-state index contributed by atoms with van der Waals surface area (Å²) in [6, 6.07) is 0. The van der Waals surface area contributed by atoms with Gasteiger partial charge >= 0.3 is 0 Å². The van der Waals surface area contributed by atoms with E-state index in [0.717, 1.165) is 0 Å². The second-order valence-corrected chi connectivity index (χ2v) is 5.32. The van der Waals surface area contributed by atoms with Crippen LogP contribution in [0.15, 0.2) is 11.1 Å². The van der Waals surface area contributed by atoms with Gasteiger partial charge in [-0.25, -0.2) is 4.98 Å². The van der Waals surface area contributed by atoms with Gasteiger partial charge in [0.25, 0.3) is 5.56 Å². The number of anilines is 1. The molecular weight excluding hydrogens is 286 g/mol. The highest BCUT2D eigenvalue weighted by Crippen LogP contribution is 2.05. The number of ether oxygens (including phenoxy) is 1. The second kappa shape index (κ2) is 7.72. The SMILES string of the molecule is CS(C)=O.Nc1nc2c(ncn2COCCO)c(=O)[nH]1. The monoisotopic (exact) mass is 303 g/mol. The largest absolute Gasteiger partial charge is 0.394 e. The number of aliphatic hydroxyl groups is 1. The van der Waals surface area contributed by atoms with Crippen molar-refractivity contribution in [2.45, 2.75) is 6.73 Å². The van der Waals surface area contributed by atoms with Gasteiger partial charge in [0.15, 0.2) is 11.2 Å². The zero-order valence-electron chi connectivity index (χ0n) is 11.2. The molecule has 112 valence electrons. The molecule has 0 unspecified atom stereocenters. The molecule has 4 N–H and O–H groups in total. The molecule has 0 aliphatic carbocycles. The van der Waals surface area contributed by atoms with Gasteiger partial charge in [-0.05, 0) is 0 Å². The molecule has 20 heavy (non-hydrogen) atoms. The standard InChI is InChI=1S/C8H11N5O3.C2H6OS/c9-8-11-6-5(7(15)12-8)10-3-13(6)4-16-2-1-14;1-4(2)3/h3,14H,1-2,4H2,(H3,9,11,12,15);1-2H3. The molecule has 0 aromatic carbocycles. The maximum atomic E-state index is 11.4. The van der Waals surface area contributed by atoms with Gasteiger partial charge in [-0.3, -0.25) is 18.6 Å². The smallest absolute Gasteiger partial charge is 0.280 e. The van der Waals surface area contributed by atoms with Crippen molar-refractivity contribution in [3.63, 3.8) is 0 Å². The summed E-state index contributed by atoms with van der Waals surface area (Å²) in [7, 11) is -0.611. The minimum Gasteiger partial charge on any atom is -0.394 e. The molecule has 0 amide bonds. The fraction of sp³-hybridized carbons (Fsp3) is 0.500. The van der Waals surface area contributed by atoms with Crippen LogP contribution in [0.4, 0.5) is 5.95 Å². The third-order valence-electron chi connectivity index (χ3n) is 1.96. The number of hydrogen-bond donors (Lipinski definition) is 3. The number of aromatic nitrogens is 4. The van der Waals surface area contributed by atoms with Gasteiger partial charge in [0, 0.05) is 23.3 Å². The molecule has 2 aromatic heterocycles. The van der Waals surface area contributed by atoms with Crippen molar-refractivity contribution in [3.05, 3.63) is 16.7 Å². The highest BCUT2D eigenvalue weighted by Gasteiger charge is 2.08. The predicted molar refractivity (Wildman–Crippen MR) is 75.6 cm³/mol. The fourth-order valence-corrected chi connectivity index (χ4v) is 1.29. The van der Waals surface area contributed by atoms with Crippen molar-refractivity contribution in [1.29, 1.82) is 0 Å². The van der Waals surface area contributed by atoms with E-state index in [1.165, 1.54) is 10.9 Å². The maximum absolute atomic E-state index is 11.4. The average molecular weight is 303 g/mol. The lowest BCUT2D eigenvalue weighted by Crippen LogP contribution is -2.13. The molecule has 0 saturated carbocycles. The van der Waals surface area contributed by atoms with Crippen LogP contribution in [-0.2, 0) is 22.3 Å². The third kappa shape index (κ3) is 4.72. The lowest BCUT2D eigenvalue weighted by molar-refractivity contribution is 0.0499. The number of nitrogens with one attached hydrogen (secondary N) is 1. The Morgan fingerprint density at radius 2 is 2.20 bits per heavy atom.